The van der Waals surface area contributed by atoms with Crippen LogP contribution in [0.15, 0.2) is 24.8 Å². The van der Waals surface area contributed by atoms with Crippen LogP contribution in [0.1, 0.15) is 26.2 Å². The van der Waals surface area contributed by atoms with Gasteiger partial charge in [-0.3, -0.25) is 0 Å². The minimum atomic E-state index is 0.334. The number of rotatable bonds is 5. The van der Waals surface area contributed by atoms with E-state index < -0.39 is 0 Å². The first kappa shape index (κ1) is 9.44. The Morgan fingerprint density at radius 2 is 2.20 bits per heavy atom. The third kappa shape index (κ3) is 5.57. The quantitative estimate of drug-likeness (QED) is 0.581. The van der Waals surface area contributed by atoms with E-state index in [2.05, 4.69) is 25.7 Å². The van der Waals surface area contributed by atoms with Crippen molar-refractivity contribution in [1.29, 1.82) is 0 Å². The summed E-state index contributed by atoms with van der Waals surface area (Å²) in [6.07, 6.45) is 9.10. The summed E-state index contributed by atoms with van der Waals surface area (Å²) in [5.74, 6) is 0. The molecule has 1 unspecified atom stereocenters. The van der Waals surface area contributed by atoms with E-state index in [9.17, 15) is 0 Å². The lowest BCUT2D eigenvalue weighted by Crippen LogP contribution is -2.16. The van der Waals surface area contributed by atoms with Crippen LogP contribution in [0.3, 0.4) is 0 Å². The fraction of sp³-hybridized carbons (Fsp3) is 0.556. The first-order valence-corrected chi connectivity index (χ1v) is 3.82. The molecule has 0 aromatic carbocycles. The molecule has 0 aromatic heterocycles. The molecule has 1 nitrogen and oxygen atoms in total. The largest absolute Gasteiger partial charge is 0.327 e. The van der Waals surface area contributed by atoms with Crippen molar-refractivity contribution < 1.29 is 0 Å². The maximum atomic E-state index is 5.68. The zero-order valence-electron chi connectivity index (χ0n) is 6.72. The molecule has 0 fully saturated rings. The molecule has 0 rings (SSSR count). The molecule has 0 aliphatic heterocycles. The first-order chi connectivity index (χ1) is 4.81. The number of nitrogens with two attached hydrogens (primary N) is 1. The highest BCUT2D eigenvalue weighted by Crippen LogP contribution is 1.95. The van der Waals surface area contributed by atoms with Gasteiger partial charge in [0.1, 0.15) is 0 Å². The summed E-state index contributed by atoms with van der Waals surface area (Å²) >= 11 is 0. The van der Waals surface area contributed by atoms with E-state index in [0.29, 0.717) is 6.04 Å². The van der Waals surface area contributed by atoms with Gasteiger partial charge in [-0.05, 0) is 19.3 Å². The van der Waals surface area contributed by atoms with E-state index in [1.54, 1.807) is 0 Å². The van der Waals surface area contributed by atoms with Gasteiger partial charge in [0.2, 0.25) is 0 Å². The van der Waals surface area contributed by atoms with E-state index >= 15 is 0 Å². The van der Waals surface area contributed by atoms with Gasteiger partial charge in [-0.25, -0.2) is 0 Å². The third-order valence-electron chi connectivity index (χ3n) is 1.43. The number of hydrogen-bond acceptors (Lipinski definition) is 1. The highest BCUT2D eigenvalue weighted by atomic mass is 14.6. The molecule has 2 N–H and O–H groups in total. The van der Waals surface area contributed by atoms with Crippen LogP contribution < -0.4 is 5.73 Å². The Morgan fingerprint density at radius 3 is 2.70 bits per heavy atom. The molecule has 0 aromatic rings. The summed E-state index contributed by atoms with van der Waals surface area (Å²) in [6, 6.07) is 0.334. The minimum absolute atomic E-state index is 0.334. The molecule has 1 atom stereocenters. The highest BCUT2D eigenvalue weighted by Gasteiger charge is 1.92. The normalized spacial score (nSPS) is 13.8. The Balaban J connectivity index is 3.24. The monoisotopic (exact) mass is 139 g/mol. The summed E-state index contributed by atoms with van der Waals surface area (Å²) in [6.45, 7) is 5.72. The lowest BCUT2D eigenvalue weighted by molar-refractivity contribution is 0.659. The molecule has 0 amide bonds. The van der Waals surface area contributed by atoms with E-state index in [0.717, 1.165) is 19.3 Å². The molecular formula is C9H17N. The van der Waals surface area contributed by atoms with Crippen LogP contribution in [0, 0.1) is 0 Å². The SMILES string of the molecule is C=CCC=CCC(N)CC. The predicted molar refractivity (Wildman–Crippen MR) is 46.8 cm³/mol. The van der Waals surface area contributed by atoms with E-state index in [1.165, 1.54) is 0 Å². The maximum absolute atomic E-state index is 5.68. The maximum Gasteiger partial charge on any atom is 0.00707 e. The van der Waals surface area contributed by atoms with Crippen molar-refractivity contribution in [3.63, 3.8) is 0 Å². The van der Waals surface area contributed by atoms with Crippen molar-refractivity contribution in [3.05, 3.63) is 24.8 Å². The molecule has 0 saturated heterocycles. The Morgan fingerprint density at radius 1 is 1.50 bits per heavy atom. The average molecular weight is 139 g/mol. The van der Waals surface area contributed by atoms with Gasteiger partial charge in [0.15, 0.2) is 0 Å². The van der Waals surface area contributed by atoms with Crippen molar-refractivity contribution >= 4 is 0 Å². The number of hydrogen-bond donors (Lipinski definition) is 1. The van der Waals surface area contributed by atoms with Crippen LogP contribution in [0.4, 0.5) is 0 Å². The molecule has 58 valence electrons. The van der Waals surface area contributed by atoms with Crippen LogP contribution in [0.2, 0.25) is 0 Å². The molecule has 0 aliphatic carbocycles. The summed E-state index contributed by atoms with van der Waals surface area (Å²) in [7, 11) is 0. The minimum Gasteiger partial charge on any atom is -0.327 e. The van der Waals surface area contributed by atoms with Gasteiger partial charge in [-0.2, -0.15) is 0 Å². The molecule has 0 saturated carbocycles. The smallest absolute Gasteiger partial charge is 0.00707 e. The Kier molecular flexibility index (Phi) is 6.19. The molecular weight excluding hydrogens is 122 g/mol. The molecule has 0 aliphatic rings. The Bertz CT molecular complexity index is 105. The summed E-state index contributed by atoms with van der Waals surface area (Å²) in [5, 5.41) is 0. The van der Waals surface area contributed by atoms with Crippen LogP contribution in [-0.4, -0.2) is 6.04 Å². The fourth-order valence-electron chi connectivity index (χ4n) is 0.630. The van der Waals surface area contributed by atoms with Gasteiger partial charge in [0.25, 0.3) is 0 Å². The van der Waals surface area contributed by atoms with Gasteiger partial charge < -0.3 is 5.73 Å². The Labute approximate surface area is 63.6 Å². The van der Waals surface area contributed by atoms with Crippen LogP contribution in [0.5, 0.6) is 0 Å². The van der Waals surface area contributed by atoms with E-state index in [4.69, 9.17) is 5.73 Å². The van der Waals surface area contributed by atoms with Crippen molar-refractivity contribution in [2.75, 3.05) is 0 Å². The molecule has 10 heavy (non-hydrogen) atoms. The van der Waals surface area contributed by atoms with Gasteiger partial charge in [-0.1, -0.05) is 25.2 Å². The average Bonchev–Trinajstić information content (AvgIpc) is 1.98. The lowest BCUT2D eigenvalue weighted by Gasteiger charge is -2.02. The zero-order chi connectivity index (χ0) is 7.82. The second-order valence-corrected chi connectivity index (χ2v) is 2.40. The second kappa shape index (κ2) is 6.56. The van der Waals surface area contributed by atoms with E-state index in [1.807, 2.05) is 6.08 Å². The lowest BCUT2D eigenvalue weighted by atomic mass is 10.1. The Hall–Kier alpha value is -0.560. The third-order valence-corrected chi connectivity index (χ3v) is 1.43. The fourth-order valence-corrected chi connectivity index (χ4v) is 0.630. The molecule has 0 bridgehead atoms. The summed E-state index contributed by atoms with van der Waals surface area (Å²) < 4.78 is 0. The van der Waals surface area contributed by atoms with Crippen molar-refractivity contribution in [1.82, 2.24) is 0 Å². The summed E-state index contributed by atoms with van der Waals surface area (Å²) in [4.78, 5) is 0. The van der Waals surface area contributed by atoms with Crippen molar-refractivity contribution in [2.45, 2.75) is 32.2 Å². The van der Waals surface area contributed by atoms with Crippen molar-refractivity contribution in [2.24, 2.45) is 5.73 Å². The zero-order valence-corrected chi connectivity index (χ0v) is 6.72. The topological polar surface area (TPSA) is 26.0 Å². The van der Waals surface area contributed by atoms with E-state index in [-0.39, 0.29) is 0 Å². The summed E-state index contributed by atoms with van der Waals surface area (Å²) in [5.41, 5.74) is 5.68. The van der Waals surface area contributed by atoms with Crippen molar-refractivity contribution in [3.8, 4) is 0 Å². The standard InChI is InChI=1S/C9H17N/c1-3-5-6-7-8-9(10)4-2/h3,6-7,9H,1,4-5,8,10H2,2H3. The van der Waals surface area contributed by atoms with Crippen LogP contribution >= 0.6 is 0 Å². The van der Waals surface area contributed by atoms with Gasteiger partial charge in [0, 0.05) is 6.04 Å². The van der Waals surface area contributed by atoms with Gasteiger partial charge >= 0.3 is 0 Å². The first-order valence-electron chi connectivity index (χ1n) is 3.82. The van der Waals surface area contributed by atoms with Gasteiger partial charge in [0.05, 0.1) is 0 Å². The van der Waals surface area contributed by atoms with Crippen LogP contribution in [0.25, 0.3) is 0 Å². The molecule has 1 heteroatoms. The second-order valence-electron chi connectivity index (χ2n) is 2.40. The highest BCUT2D eigenvalue weighted by molar-refractivity contribution is 4.90. The predicted octanol–water partition coefficient (Wildman–Crippen LogP) is 2.25. The molecule has 0 spiro atoms. The van der Waals surface area contributed by atoms with Crippen LogP contribution in [-0.2, 0) is 0 Å². The molecule has 0 heterocycles. The van der Waals surface area contributed by atoms with Gasteiger partial charge in [-0.15, -0.1) is 6.58 Å². The number of allylic oxidation sites excluding steroid dienone is 2. The molecule has 0 radical (unpaired) electrons.